The molecule has 0 fully saturated rings. The lowest BCUT2D eigenvalue weighted by Crippen LogP contribution is -2.39. The van der Waals surface area contributed by atoms with Crippen molar-refractivity contribution < 1.29 is 24.0 Å². The van der Waals surface area contributed by atoms with Crippen LogP contribution in [0, 0.1) is 0 Å². The average Bonchev–Trinajstić information content (AvgIpc) is 4.32. The highest BCUT2D eigenvalue weighted by Crippen LogP contribution is 2.43. The van der Waals surface area contributed by atoms with Crippen LogP contribution >= 0.6 is 69.6 Å². The number of aromatic amines is 1. The number of H-pyrrole nitrogens is 1. The van der Waals surface area contributed by atoms with Crippen molar-refractivity contribution in [1.82, 2.24) is 44.5 Å². The molecule has 83 heavy (non-hydrogen) atoms. The number of hydrogen-bond donors (Lipinski definition) is 4. The zero-order valence-electron chi connectivity index (χ0n) is 48.5. The summed E-state index contributed by atoms with van der Waals surface area (Å²) in [4.78, 5) is 65.0. The summed E-state index contributed by atoms with van der Waals surface area (Å²) in [5, 5.41) is 24.2. The standard InChI is InChI=1S/2C20H24Cl2N4O.C10H19NO2.C7H4Cl2O.C3H5N3/c2*1-4-11-25(12-5-2)20(27)17-13(3)24-16-9-10-23-26(16)19(17)14-7-6-8-15(21)18(14)22;1-4-6-11(7-5-2)10(13)8-9(3)12;8-6-3-1-2-5(4-10)7(6)9;4-3-1-2-5-6-3/h2*6-10,19,24H,4-5,11-12H2,1-3H3;4-8H2,1-3H3;1-4H;1-2H,(H3,4,5,6). The molecule has 0 aliphatic carbocycles. The fourth-order valence-corrected chi connectivity index (χ4v) is 10.3. The Bertz CT molecular complexity index is 3000. The van der Waals surface area contributed by atoms with E-state index < -0.39 is 12.1 Å². The minimum atomic E-state index is -0.425. The number of aldehydes is 1. The fraction of sp³-hybridized carbons (Fsp3) is 0.400. The molecule has 0 bridgehead atoms. The van der Waals surface area contributed by atoms with Gasteiger partial charge in [-0.3, -0.25) is 29.1 Å². The largest absolute Gasteiger partial charge is 0.384 e. The van der Waals surface area contributed by atoms with Crippen LogP contribution in [0.15, 0.2) is 114 Å². The van der Waals surface area contributed by atoms with Crippen molar-refractivity contribution in [2.75, 3.05) is 55.6 Å². The van der Waals surface area contributed by atoms with Gasteiger partial charge in [-0.15, -0.1) is 0 Å². The molecule has 3 aromatic carbocycles. The molecule has 8 rings (SSSR count). The second-order valence-electron chi connectivity index (χ2n) is 19.4. The van der Waals surface area contributed by atoms with Gasteiger partial charge in [-0.2, -0.15) is 15.3 Å². The maximum atomic E-state index is 13.5. The first-order valence-corrected chi connectivity index (χ1v) is 29.9. The Morgan fingerprint density at radius 1 is 0.554 bits per heavy atom. The molecule has 23 heteroatoms. The smallest absolute Gasteiger partial charge is 0.254 e. The van der Waals surface area contributed by atoms with Crippen molar-refractivity contribution in [3.05, 3.63) is 161 Å². The highest BCUT2D eigenvalue weighted by molar-refractivity contribution is 6.44. The minimum Gasteiger partial charge on any atom is -0.384 e. The molecule has 5 heterocycles. The number of carbonyl (C=O) groups excluding carboxylic acids is 5. The van der Waals surface area contributed by atoms with Gasteiger partial charge in [0.25, 0.3) is 11.8 Å². The Kier molecular flexibility index (Phi) is 29.2. The predicted molar refractivity (Wildman–Crippen MR) is 338 cm³/mol. The van der Waals surface area contributed by atoms with Crippen LogP contribution in [0.4, 0.5) is 17.5 Å². The van der Waals surface area contributed by atoms with E-state index in [-0.39, 0.29) is 29.9 Å². The summed E-state index contributed by atoms with van der Waals surface area (Å²) in [7, 11) is 0. The quantitative estimate of drug-likeness (QED) is 0.0443. The van der Waals surface area contributed by atoms with Gasteiger partial charge in [0, 0.05) is 79.5 Å². The Hall–Kier alpha value is -6.34. The number of ketones is 1. The number of rotatable bonds is 19. The zero-order chi connectivity index (χ0) is 61.3. The Morgan fingerprint density at radius 3 is 1.27 bits per heavy atom. The summed E-state index contributed by atoms with van der Waals surface area (Å²) in [5.74, 6) is 2.18. The number of nitrogen functional groups attached to an aromatic ring is 1. The number of Topliss-reactive ketones (excluding diaryl/α,β-unsaturated/α-hetero) is 1. The van der Waals surface area contributed by atoms with E-state index in [1.165, 1.54) is 6.92 Å². The lowest BCUT2D eigenvalue weighted by atomic mass is 9.94. The molecule has 2 unspecified atom stereocenters. The third-order valence-electron chi connectivity index (χ3n) is 12.7. The number of aromatic nitrogens is 6. The van der Waals surface area contributed by atoms with Crippen LogP contribution in [0.5, 0.6) is 0 Å². The van der Waals surface area contributed by atoms with E-state index in [9.17, 15) is 24.0 Å². The minimum absolute atomic E-state index is 0.00546. The van der Waals surface area contributed by atoms with Crippen LogP contribution in [0.25, 0.3) is 0 Å². The van der Waals surface area contributed by atoms with Gasteiger partial charge in [-0.25, -0.2) is 9.36 Å². The number of halogens is 6. The lowest BCUT2D eigenvalue weighted by molar-refractivity contribution is -0.135. The molecule has 3 aromatic heterocycles. The molecule has 17 nitrogen and oxygen atoms in total. The summed E-state index contributed by atoms with van der Waals surface area (Å²) in [6.45, 7) is 22.0. The Morgan fingerprint density at radius 2 is 0.940 bits per heavy atom. The van der Waals surface area contributed by atoms with E-state index in [2.05, 4.69) is 58.7 Å². The SMILES string of the molecule is CCCN(CCC)C(=O)C1=C(C)Nc2ccnn2C1c1cccc(Cl)c1Cl.CCCN(CCC)C(=O)C1=C(C)Nc2ccnn2C1c1cccc(Cl)c1Cl.CCCN(CCC)C(=O)CC(C)=O.Nc1ccn[nH]1.O=Cc1cccc(Cl)c1Cl. The molecule has 3 amide bonds. The molecule has 0 radical (unpaired) electrons. The molecule has 2 aliphatic heterocycles. The number of allylic oxidation sites excluding steroid dienone is 2. The van der Waals surface area contributed by atoms with Crippen molar-refractivity contribution in [1.29, 1.82) is 0 Å². The Balaban J connectivity index is 0.000000245. The van der Waals surface area contributed by atoms with Crippen molar-refractivity contribution in [3.63, 3.8) is 0 Å². The number of fused-ring (bicyclic) bond motifs is 2. The van der Waals surface area contributed by atoms with Crippen LogP contribution in [-0.2, 0) is 19.2 Å². The van der Waals surface area contributed by atoms with Crippen molar-refractivity contribution in [3.8, 4) is 0 Å². The molecule has 2 atom stereocenters. The monoisotopic (exact) mass is 1250 g/mol. The van der Waals surface area contributed by atoms with Gasteiger partial charge >= 0.3 is 0 Å². The van der Waals surface area contributed by atoms with Crippen LogP contribution in [0.3, 0.4) is 0 Å². The van der Waals surface area contributed by atoms with Crippen LogP contribution in [-0.4, -0.2) is 114 Å². The van der Waals surface area contributed by atoms with E-state index in [1.807, 2.05) is 73.9 Å². The molecule has 5 N–H and O–H groups in total. The number of hydrogen-bond acceptors (Lipinski definition) is 11. The highest BCUT2D eigenvalue weighted by Gasteiger charge is 2.37. The van der Waals surface area contributed by atoms with Gasteiger partial charge in [-0.05, 0) is 83.6 Å². The Labute approximate surface area is 517 Å². The third-order valence-corrected chi connectivity index (χ3v) is 15.2. The summed E-state index contributed by atoms with van der Waals surface area (Å²) in [6.07, 6.45) is 11.3. The summed E-state index contributed by atoms with van der Waals surface area (Å²) < 4.78 is 3.60. The molecular weight excluding hydrogens is 1180 g/mol. The maximum Gasteiger partial charge on any atom is 0.254 e. The molecule has 448 valence electrons. The van der Waals surface area contributed by atoms with Gasteiger partial charge in [0.2, 0.25) is 5.91 Å². The zero-order valence-corrected chi connectivity index (χ0v) is 53.1. The van der Waals surface area contributed by atoms with Gasteiger partial charge < -0.3 is 31.1 Å². The predicted octanol–water partition coefficient (Wildman–Crippen LogP) is 14.7. The van der Waals surface area contributed by atoms with Gasteiger partial charge in [0.1, 0.15) is 35.3 Å². The summed E-state index contributed by atoms with van der Waals surface area (Å²) in [5.41, 5.74) is 10.0. The first-order valence-electron chi connectivity index (χ1n) is 27.6. The van der Waals surface area contributed by atoms with E-state index in [4.69, 9.17) is 75.3 Å². The van der Waals surface area contributed by atoms with Gasteiger partial charge in [0.05, 0.1) is 66.3 Å². The van der Waals surface area contributed by atoms with Gasteiger partial charge in [0.15, 0.2) is 6.29 Å². The second-order valence-corrected chi connectivity index (χ2v) is 21.7. The van der Waals surface area contributed by atoms with Gasteiger partial charge in [-0.1, -0.05) is 148 Å². The normalized spacial score (nSPS) is 13.8. The number of amides is 3. The fourth-order valence-electron chi connectivity index (χ4n) is 9.16. The van der Waals surface area contributed by atoms with E-state index >= 15 is 0 Å². The summed E-state index contributed by atoms with van der Waals surface area (Å²) in [6, 6.07) is 20.5. The number of nitrogens with two attached hydrogens (primary N) is 1. The third kappa shape index (κ3) is 19.1. The van der Waals surface area contributed by atoms with E-state index in [0.29, 0.717) is 85.1 Å². The lowest BCUT2D eigenvalue weighted by Gasteiger charge is -2.33. The van der Waals surface area contributed by atoms with Crippen LogP contribution < -0.4 is 16.4 Å². The average molecular weight is 1260 g/mol. The topological polar surface area (TPSA) is 209 Å². The molecule has 0 spiro atoms. The van der Waals surface area contributed by atoms with Crippen LogP contribution in [0.1, 0.15) is 141 Å². The maximum absolute atomic E-state index is 13.5. The van der Waals surface area contributed by atoms with Crippen molar-refractivity contribution in [2.24, 2.45) is 0 Å². The molecule has 2 aliphatic rings. The molecule has 6 aromatic rings. The summed E-state index contributed by atoms with van der Waals surface area (Å²) >= 11 is 36.9. The van der Waals surface area contributed by atoms with E-state index in [0.717, 1.165) is 85.8 Å². The number of benzene rings is 3. The highest BCUT2D eigenvalue weighted by atomic mass is 35.5. The number of nitrogens with one attached hydrogen (secondary N) is 3. The number of nitrogens with zero attached hydrogens (tertiary/aromatic N) is 8. The molecule has 0 saturated heterocycles. The second kappa shape index (κ2) is 35.1. The first kappa shape index (κ1) is 69.2. The van der Waals surface area contributed by atoms with Crippen molar-refractivity contribution >= 4 is 117 Å². The van der Waals surface area contributed by atoms with E-state index in [1.54, 1.807) is 69.3 Å². The number of carbonyl (C=O) groups is 5. The molecule has 0 saturated carbocycles. The van der Waals surface area contributed by atoms with Crippen molar-refractivity contribution in [2.45, 2.75) is 119 Å². The van der Waals surface area contributed by atoms with Crippen LogP contribution in [0.2, 0.25) is 30.1 Å². The number of anilines is 3. The first-order chi connectivity index (χ1) is 39.7. The molecular formula is C60H76Cl6N12O5.